The number of benzene rings is 5. The molecule has 0 saturated heterocycles. The lowest BCUT2D eigenvalue weighted by Gasteiger charge is -2.24. The van der Waals surface area contributed by atoms with E-state index >= 15 is 0 Å². The van der Waals surface area contributed by atoms with Gasteiger partial charge in [-0.3, -0.25) is 9.98 Å². The summed E-state index contributed by atoms with van der Waals surface area (Å²) in [4.78, 5) is 15.1. The van der Waals surface area contributed by atoms with Crippen molar-refractivity contribution in [3.05, 3.63) is 161 Å². The molecule has 0 saturated carbocycles. The van der Waals surface area contributed by atoms with Crippen LogP contribution in [0.1, 0.15) is 33.4 Å². The number of phenolic OH excluding ortho intramolecular Hbond substituents is 1. The van der Waals surface area contributed by atoms with Crippen molar-refractivity contribution in [3.63, 3.8) is 0 Å². The maximum absolute atomic E-state index is 11.2. The molecule has 7 rings (SSSR count). The number of amidine groups is 2. The highest BCUT2D eigenvalue weighted by atomic mass is 16.3. The fourth-order valence-electron chi connectivity index (χ4n) is 6.39. The second-order valence-corrected chi connectivity index (χ2v) is 12.3. The zero-order valence-electron chi connectivity index (χ0n) is 25.8. The van der Waals surface area contributed by atoms with E-state index in [4.69, 9.17) is 9.98 Å². The number of nitrogens with zero attached hydrogens (tertiary/aromatic N) is 4. The van der Waals surface area contributed by atoms with Crippen LogP contribution in [-0.2, 0) is 12.8 Å². The number of hydrogen-bond acceptors (Lipinski definition) is 5. The lowest BCUT2D eigenvalue weighted by Crippen LogP contribution is -2.31. The van der Waals surface area contributed by atoms with Gasteiger partial charge in [0, 0.05) is 35.6 Å². The maximum atomic E-state index is 11.2. The quantitative estimate of drug-likeness (QED) is 0.201. The summed E-state index contributed by atoms with van der Waals surface area (Å²) in [5.74, 6) is 1.95. The zero-order chi connectivity index (χ0) is 30.8. The Hall–Kier alpha value is -5.16. The number of aromatic hydroxyl groups is 1. The molecule has 2 heterocycles. The van der Waals surface area contributed by atoms with Crippen molar-refractivity contribution < 1.29 is 5.11 Å². The monoisotopic (exact) mass is 590 g/mol. The van der Waals surface area contributed by atoms with Gasteiger partial charge >= 0.3 is 0 Å². The normalized spacial score (nSPS) is 17.8. The Kier molecular flexibility index (Phi) is 7.91. The van der Waals surface area contributed by atoms with Gasteiger partial charge in [-0.1, -0.05) is 96.1 Å². The van der Waals surface area contributed by atoms with E-state index < -0.39 is 0 Å². The first-order chi connectivity index (χ1) is 22.0. The summed E-state index contributed by atoms with van der Waals surface area (Å²) < 4.78 is 0. The Morgan fingerprint density at radius 1 is 0.556 bits per heavy atom. The van der Waals surface area contributed by atoms with Crippen LogP contribution in [-0.4, -0.2) is 42.0 Å². The van der Waals surface area contributed by atoms with Crippen LogP contribution in [0.3, 0.4) is 0 Å². The first kappa shape index (κ1) is 28.6. The SMILES string of the molecule is Cc1ccc(N2C[C@H](Cc3ccccc3)N=C2c2cc(O)cc(C3=N[C@@H](Cc4ccccc4)CN3c3ccc(C)cc3)c2)cc1. The Balaban J connectivity index is 1.27. The number of aryl methyl sites for hydroxylation is 2. The van der Waals surface area contributed by atoms with E-state index in [1.807, 2.05) is 12.1 Å². The molecule has 0 aromatic heterocycles. The third-order valence-electron chi connectivity index (χ3n) is 8.66. The van der Waals surface area contributed by atoms with E-state index in [0.717, 1.165) is 60.1 Å². The molecule has 0 unspecified atom stereocenters. The smallest absolute Gasteiger partial charge is 0.135 e. The molecule has 2 atom stereocenters. The lowest BCUT2D eigenvalue weighted by atomic mass is 10.1. The molecule has 0 radical (unpaired) electrons. The molecule has 45 heavy (non-hydrogen) atoms. The van der Waals surface area contributed by atoms with Crippen molar-refractivity contribution in [2.75, 3.05) is 22.9 Å². The van der Waals surface area contributed by atoms with Crippen molar-refractivity contribution in [2.45, 2.75) is 38.8 Å². The summed E-state index contributed by atoms with van der Waals surface area (Å²) >= 11 is 0. The predicted octanol–water partition coefficient (Wildman–Crippen LogP) is 7.77. The van der Waals surface area contributed by atoms with E-state index in [1.165, 1.54) is 22.3 Å². The predicted molar refractivity (Wildman–Crippen MR) is 186 cm³/mol. The molecule has 0 fully saturated rings. The Morgan fingerprint density at radius 3 is 1.36 bits per heavy atom. The van der Waals surface area contributed by atoms with Crippen LogP contribution in [0, 0.1) is 13.8 Å². The molecule has 5 heteroatoms. The maximum Gasteiger partial charge on any atom is 0.135 e. The fraction of sp³-hybridized carbons (Fsp3) is 0.200. The molecular formula is C40H38N4O. The average Bonchev–Trinajstić information content (AvgIpc) is 3.67. The van der Waals surface area contributed by atoms with Crippen LogP contribution in [0.5, 0.6) is 5.75 Å². The number of hydrogen-bond donors (Lipinski definition) is 1. The van der Waals surface area contributed by atoms with Crippen molar-refractivity contribution >= 4 is 23.0 Å². The lowest BCUT2D eigenvalue weighted by molar-refractivity contribution is 0.475. The highest BCUT2D eigenvalue weighted by molar-refractivity contribution is 6.15. The molecular weight excluding hydrogens is 552 g/mol. The van der Waals surface area contributed by atoms with Gasteiger partial charge < -0.3 is 14.9 Å². The first-order valence-electron chi connectivity index (χ1n) is 15.8. The van der Waals surface area contributed by atoms with Gasteiger partial charge in [0.2, 0.25) is 0 Å². The van der Waals surface area contributed by atoms with Crippen molar-refractivity contribution in [1.82, 2.24) is 0 Å². The van der Waals surface area contributed by atoms with Gasteiger partial charge in [-0.25, -0.2) is 0 Å². The van der Waals surface area contributed by atoms with Crippen molar-refractivity contribution in [1.29, 1.82) is 0 Å². The molecule has 5 aromatic carbocycles. The summed E-state index contributed by atoms with van der Waals surface area (Å²) in [5, 5.41) is 11.2. The third-order valence-corrected chi connectivity index (χ3v) is 8.66. The second kappa shape index (κ2) is 12.4. The molecule has 2 aliphatic rings. The number of rotatable bonds is 8. The van der Waals surface area contributed by atoms with Crippen LogP contribution in [0.2, 0.25) is 0 Å². The number of phenols is 1. The van der Waals surface area contributed by atoms with Gasteiger partial charge in [-0.15, -0.1) is 0 Å². The Morgan fingerprint density at radius 2 is 0.956 bits per heavy atom. The standard InChI is InChI=1S/C40H38N4O/c1-28-13-17-36(18-14-28)43-26-34(21-30-9-5-3-6-10-30)41-39(43)32-23-33(25-38(45)24-32)40-42-35(22-31-11-7-4-8-12-31)27-44(40)37-19-15-29(2)16-20-37/h3-20,23-25,34-35,45H,21-22,26-27H2,1-2H3/t34-,35-/m0/s1. The van der Waals surface area contributed by atoms with Gasteiger partial charge in [-0.05, 0) is 80.3 Å². The van der Waals surface area contributed by atoms with E-state index in [-0.39, 0.29) is 17.8 Å². The molecule has 1 N–H and O–H groups in total. The molecule has 0 amide bonds. The third kappa shape index (κ3) is 6.39. The summed E-state index contributed by atoms with van der Waals surface area (Å²) in [6.45, 7) is 5.76. The van der Waals surface area contributed by atoms with Gasteiger partial charge in [-0.2, -0.15) is 0 Å². The zero-order valence-corrected chi connectivity index (χ0v) is 25.8. The molecule has 5 aromatic rings. The number of aliphatic imine (C=N–C) groups is 2. The largest absolute Gasteiger partial charge is 0.508 e. The Bertz CT molecular complexity index is 1700. The molecule has 224 valence electrons. The van der Waals surface area contributed by atoms with Crippen LogP contribution >= 0.6 is 0 Å². The highest BCUT2D eigenvalue weighted by Gasteiger charge is 2.31. The van der Waals surface area contributed by atoms with Gasteiger partial charge in [0.05, 0.1) is 12.1 Å². The van der Waals surface area contributed by atoms with E-state index in [9.17, 15) is 5.11 Å². The van der Waals surface area contributed by atoms with Crippen molar-refractivity contribution in [3.8, 4) is 5.75 Å². The fourth-order valence-corrected chi connectivity index (χ4v) is 6.39. The van der Waals surface area contributed by atoms with Crippen LogP contribution in [0.25, 0.3) is 0 Å². The first-order valence-corrected chi connectivity index (χ1v) is 15.8. The summed E-state index contributed by atoms with van der Waals surface area (Å²) in [5.41, 5.74) is 8.95. The van der Waals surface area contributed by atoms with Crippen LogP contribution in [0.15, 0.2) is 137 Å². The van der Waals surface area contributed by atoms with Crippen LogP contribution in [0.4, 0.5) is 11.4 Å². The van der Waals surface area contributed by atoms with E-state index in [0.29, 0.717) is 0 Å². The Labute approximate surface area is 265 Å². The molecule has 0 bridgehead atoms. The minimum atomic E-state index is 0.0950. The molecule has 0 aliphatic carbocycles. The summed E-state index contributed by atoms with van der Waals surface area (Å²) in [6, 6.07) is 44.3. The number of anilines is 2. The van der Waals surface area contributed by atoms with Gasteiger partial charge in [0.15, 0.2) is 0 Å². The topological polar surface area (TPSA) is 51.4 Å². The molecule has 0 spiro atoms. The molecule has 2 aliphatic heterocycles. The minimum Gasteiger partial charge on any atom is -0.508 e. The highest BCUT2D eigenvalue weighted by Crippen LogP contribution is 2.31. The summed E-state index contributed by atoms with van der Waals surface area (Å²) in [7, 11) is 0. The van der Waals surface area contributed by atoms with Gasteiger partial charge in [0.25, 0.3) is 0 Å². The average molecular weight is 591 g/mol. The second-order valence-electron chi connectivity index (χ2n) is 12.3. The van der Waals surface area contributed by atoms with E-state index in [1.54, 1.807) is 0 Å². The van der Waals surface area contributed by atoms with Gasteiger partial charge in [0.1, 0.15) is 17.4 Å². The van der Waals surface area contributed by atoms with Crippen molar-refractivity contribution in [2.24, 2.45) is 9.98 Å². The minimum absolute atomic E-state index is 0.0950. The summed E-state index contributed by atoms with van der Waals surface area (Å²) in [6.07, 6.45) is 1.71. The van der Waals surface area contributed by atoms with Crippen LogP contribution < -0.4 is 9.80 Å². The van der Waals surface area contributed by atoms with E-state index in [2.05, 4.69) is 139 Å². The molecule has 5 nitrogen and oxygen atoms in total.